The Balaban J connectivity index is 2.25. The van der Waals surface area contributed by atoms with Crippen LogP contribution >= 0.6 is 11.6 Å². The number of methoxy groups -OCH3 is 1. The summed E-state index contributed by atoms with van der Waals surface area (Å²) in [7, 11) is 1.45. The fraction of sp³-hybridized carbons (Fsp3) is 0.200. The van der Waals surface area contributed by atoms with Gasteiger partial charge in [-0.15, -0.1) is 0 Å². The molecule has 0 saturated heterocycles. The van der Waals surface area contributed by atoms with Gasteiger partial charge in [0.2, 0.25) is 0 Å². The van der Waals surface area contributed by atoms with Gasteiger partial charge >= 0.3 is 0 Å². The minimum atomic E-state index is -0.335. The molecule has 2 aromatic rings. The number of halogens is 2. The molecule has 0 fully saturated rings. The normalized spacial score (nSPS) is 10.4. The molecule has 0 amide bonds. The highest BCUT2D eigenvalue weighted by molar-refractivity contribution is 6.30. The van der Waals surface area contributed by atoms with Crippen molar-refractivity contribution < 1.29 is 14.2 Å². The fourth-order valence-corrected chi connectivity index (χ4v) is 2.19. The van der Waals surface area contributed by atoms with Gasteiger partial charge in [0.1, 0.15) is 5.82 Å². The van der Waals surface area contributed by atoms with Crippen LogP contribution in [0, 0.1) is 12.7 Å². The van der Waals surface area contributed by atoms with Crippen molar-refractivity contribution >= 4 is 17.3 Å². The topological polar surface area (TPSA) is 41.5 Å². The zero-order chi connectivity index (χ0) is 14.7. The summed E-state index contributed by atoms with van der Waals surface area (Å²) in [4.78, 5) is 0. The number of aryl methyl sites for hydroxylation is 1. The minimum Gasteiger partial charge on any atom is -0.504 e. The number of nitrogens with one attached hydrogen (secondary N) is 1. The fourth-order valence-electron chi connectivity index (χ4n) is 1.96. The Morgan fingerprint density at radius 3 is 2.75 bits per heavy atom. The second-order valence-corrected chi connectivity index (χ2v) is 4.84. The highest BCUT2D eigenvalue weighted by Crippen LogP contribution is 2.34. The second-order valence-electron chi connectivity index (χ2n) is 4.40. The highest BCUT2D eigenvalue weighted by Gasteiger charge is 2.11. The number of para-hydroxylation sites is 1. The van der Waals surface area contributed by atoms with E-state index in [1.54, 1.807) is 12.1 Å². The van der Waals surface area contributed by atoms with Crippen molar-refractivity contribution in [2.45, 2.75) is 13.5 Å². The predicted octanol–water partition coefficient (Wildman–Crippen LogP) is 4.11. The van der Waals surface area contributed by atoms with E-state index in [1.807, 2.05) is 13.0 Å². The summed E-state index contributed by atoms with van der Waals surface area (Å²) in [6.07, 6.45) is 0. The lowest BCUT2D eigenvalue weighted by Gasteiger charge is -2.13. The SMILES string of the molecule is COc1cc(Cl)cc(CNc2c(C)cccc2F)c1O. The van der Waals surface area contributed by atoms with Gasteiger partial charge in [0.15, 0.2) is 11.5 Å². The Morgan fingerprint density at radius 2 is 2.10 bits per heavy atom. The van der Waals surface area contributed by atoms with Crippen molar-refractivity contribution in [2.75, 3.05) is 12.4 Å². The minimum absolute atomic E-state index is 0.00149. The van der Waals surface area contributed by atoms with E-state index in [9.17, 15) is 9.50 Å². The molecule has 3 nitrogen and oxygen atoms in total. The number of benzene rings is 2. The number of rotatable bonds is 4. The molecular weight excluding hydrogens is 281 g/mol. The summed E-state index contributed by atoms with van der Waals surface area (Å²) in [6, 6.07) is 7.98. The maximum atomic E-state index is 13.7. The number of hydrogen-bond acceptors (Lipinski definition) is 3. The maximum Gasteiger partial charge on any atom is 0.162 e. The van der Waals surface area contributed by atoms with E-state index >= 15 is 0 Å². The number of anilines is 1. The molecule has 0 aromatic heterocycles. The number of aromatic hydroxyl groups is 1. The molecule has 0 heterocycles. The second kappa shape index (κ2) is 6.01. The van der Waals surface area contributed by atoms with E-state index in [0.717, 1.165) is 5.56 Å². The number of phenolic OH excluding ortho intramolecular Hbond substituents is 1. The standard InChI is InChI=1S/C15H15ClFNO2/c1-9-4-3-5-12(17)14(9)18-8-10-6-11(16)7-13(20-2)15(10)19/h3-7,18-19H,8H2,1-2H3. The van der Waals surface area contributed by atoms with E-state index in [1.165, 1.54) is 19.2 Å². The molecule has 0 bridgehead atoms. The molecule has 0 aliphatic carbocycles. The van der Waals surface area contributed by atoms with Gasteiger partial charge in [-0.25, -0.2) is 4.39 Å². The lowest BCUT2D eigenvalue weighted by atomic mass is 10.1. The van der Waals surface area contributed by atoms with Gasteiger partial charge in [-0.3, -0.25) is 0 Å². The van der Waals surface area contributed by atoms with Crippen LogP contribution in [0.1, 0.15) is 11.1 Å². The first-order chi connectivity index (χ1) is 9.52. The molecule has 0 aliphatic heterocycles. The first-order valence-corrected chi connectivity index (χ1v) is 6.45. The third-order valence-electron chi connectivity index (χ3n) is 3.02. The third-order valence-corrected chi connectivity index (χ3v) is 3.23. The molecular formula is C15H15ClFNO2. The Morgan fingerprint density at radius 1 is 1.35 bits per heavy atom. The van der Waals surface area contributed by atoms with Crippen molar-refractivity contribution in [1.29, 1.82) is 0 Å². The zero-order valence-electron chi connectivity index (χ0n) is 11.2. The van der Waals surface area contributed by atoms with Crippen molar-refractivity contribution in [3.8, 4) is 11.5 Å². The average Bonchev–Trinajstić information content (AvgIpc) is 2.41. The maximum absolute atomic E-state index is 13.7. The van der Waals surface area contributed by atoms with E-state index in [0.29, 0.717) is 22.0 Å². The van der Waals surface area contributed by atoms with Crippen LogP contribution in [0.3, 0.4) is 0 Å². The molecule has 2 rings (SSSR count). The smallest absolute Gasteiger partial charge is 0.162 e. The molecule has 2 N–H and O–H groups in total. The quantitative estimate of drug-likeness (QED) is 0.892. The Bertz CT molecular complexity index is 611. The summed E-state index contributed by atoms with van der Waals surface area (Å²) in [5.74, 6) is -0.0450. The van der Waals surface area contributed by atoms with Crippen LogP contribution in [0.25, 0.3) is 0 Å². The largest absolute Gasteiger partial charge is 0.504 e. The lowest BCUT2D eigenvalue weighted by molar-refractivity contribution is 0.371. The Hall–Kier alpha value is -1.94. The van der Waals surface area contributed by atoms with Crippen molar-refractivity contribution in [1.82, 2.24) is 0 Å². The van der Waals surface area contributed by atoms with E-state index in [2.05, 4.69) is 5.32 Å². The third kappa shape index (κ3) is 2.96. The van der Waals surface area contributed by atoms with Crippen LogP contribution in [0.15, 0.2) is 30.3 Å². The summed E-state index contributed by atoms with van der Waals surface area (Å²) in [5.41, 5.74) is 1.74. The van der Waals surface area contributed by atoms with E-state index in [-0.39, 0.29) is 18.1 Å². The van der Waals surface area contributed by atoms with Crippen molar-refractivity contribution in [3.63, 3.8) is 0 Å². The molecule has 0 saturated carbocycles. The van der Waals surface area contributed by atoms with Gasteiger partial charge < -0.3 is 15.2 Å². The van der Waals surface area contributed by atoms with Gasteiger partial charge in [0.25, 0.3) is 0 Å². The van der Waals surface area contributed by atoms with Gasteiger partial charge in [0, 0.05) is 23.2 Å². The number of ether oxygens (including phenoxy) is 1. The summed E-state index contributed by atoms with van der Waals surface area (Å²) < 4.78 is 18.7. The van der Waals surface area contributed by atoms with Crippen LogP contribution in [-0.2, 0) is 6.54 Å². The van der Waals surface area contributed by atoms with E-state index in [4.69, 9.17) is 16.3 Å². The first kappa shape index (κ1) is 14.5. The van der Waals surface area contributed by atoms with Crippen molar-refractivity contribution in [2.24, 2.45) is 0 Å². The average molecular weight is 296 g/mol. The van der Waals surface area contributed by atoms with Gasteiger partial charge in [-0.05, 0) is 24.6 Å². The van der Waals surface area contributed by atoms with Crippen LogP contribution in [-0.4, -0.2) is 12.2 Å². The number of hydrogen-bond donors (Lipinski definition) is 2. The molecule has 0 radical (unpaired) electrons. The summed E-state index contributed by atoms with van der Waals surface area (Å²) in [6.45, 7) is 2.05. The Labute approximate surface area is 122 Å². The van der Waals surface area contributed by atoms with Crippen LogP contribution in [0.4, 0.5) is 10.1 Å². The molecule has 106 valence electrons. The number of phenols is 1. The van der Waals surface area contributed by atoms with Gasteiger partial charge in [-0.2, -0.15) is 0 Å². The molecule has 0 spiro atoms. The molecule has 0 unspecified atom stereocenters. The van der Waals surface area contributed by atoms with Crippen LogP contribution in [0.5, 0.6) is 11.5 Å². The van der Waals surface area contributed by atoms with Crippen molar-refractivity contribution in [3.05, 3.63) is 52.3 Å². The monoisotopic (exact) mass is 295 g/mol. The highest BCUT2D eigenvalue weighted by atomic mass is 35.5. The Kier molecular flexibility index (Phi) is 4.35. The van der Waals surface area contributed by atoms with Crippen LogP contribution < -0.4 is 10.1 Å². The molecule has 0 atom stereocenters. The predicted molar refractivity (Wildman–Crippen MR) is 78.1 cm³/mol. The van der Waals surface area contributed by atoms with Gasteiger partial charge in [0.05, 0.1) is 12.8 Å². The summed E-state index contributed by atoms with van der Waals surface area (Å²) in [5, 5.41) is 13.4. The van der Waals surface area contributed by atoms with Crippen LogP contribution in [0.2, 0.25) is 5.02 Å². The van der Waals surface area contributed by atoms with Gasteiger partial charge in [-0.1, -0.05) is 23.7 Å². The molecule has 0 aliphatic rings. The molecule has 2 aromatic carbocycles. The molecule has 20 heavy (non-hydrogen) atoms. The summed E-state index contributed by atoms with van der Waals surface area (Å²) >= 11 is 5.95. The van der Waals surface area contributed by atoms with E-state index < -0.39 is 0 Å². The zero-order valence-corrected chi connectivity index (χ0v) is 12.0. The molecule has 5 heteroatoms. The lowest BCUT2D eigenvalue weighted by Crippen LogP contribution is -2.04. The first-order valence-electron chi connectivity index (χ1n) is 6.07.